The molecule has 2 atom stereocenters. The van der Waals surface area contributed by atoms with E-state index in [4.69, 9.17) is 16.9 Å². The summed E-state index contributed by atoms with van der Waals surface area (Å²) in [5, 5.41) is 15.1. The van der Waals surface area contributed by atoms with Gasteiger partial charge >= 0.3 is 0 Å². The molecule has 8 heteroatoms. The van der Waals surface area contributed by atoms with E-state index in [-0.39, 0.29) is 25.4 Å². The van der Waals surface area contributed by atoms with Crippen LogP contribution in [0, 0.1) is 11.3 Å². The van der Waals surface area contributed by atoms with Crippen LogP contribution in [-0.2, 0) is 4.79 Å². The van der Waals surface area contributed by atoms with Crippen LogP contribution in [-0.4, -0.2) is 57.4 Å². The molecule has 1 amide bonds. The standard InChI is InChI=1S/C23H25ClFN5O/c24-20-6-3-17(16-1-4-19(5-2-16)29-11-9-27-10-12-29)13-21(20)30-15-18(25)14-22(30)23(31)28-8-7-26/h1-6,13,18,22,27H,8-12,14-15H2,(H,28,31)/t18-,22+/m1/s1. The van der Waals surface area contributed by atoms with Gasteiger partial charge in [-0.05, 0) is 35.4 Å². The molecule has 0 aromatic heterocycles. The Morgan fingerprint density at radius 2 is 1.90 bits per heavy atom. The number of anilines is 2. The van der Waals surface area contributed by atoms with E-state index < -0.39 is 12.2 Å². The van der Waals surface area contributed by atoms with Crippen molar-refractivity contribution >= 4 is 28.9 Å². The number of hydrogen-bond acceptors (Lipinski definition) is 5. The summed E-state index contributed by atoms with van der Waals surface area (Å²) in [6.07, 6.45) is -1.05. The van der Waals surface area contributed by atoms with Crippen molar-refractivity contribution in [3.8, 4) is 17.2 Å². The van der Waals surface area contributed by atoms with Gasteiger partial charge in [0.2, 0.25) is 5.91 Å². The number of nitrogens with zero attached hydrogens (tertiary/aromatic N) is 3. The van der Waals surface area contributed by atoms with E-state index in [2.05, 4.69) is 39.8 Å². The Hall–Kier alpha value is -2.82. The van der Waals surface area contributed by atoms with Gasteiger partial charge in [-0.3, -0.25) is 4.79 Å². The van der Waals surface area contributed by atoms with Crippen molar-refractivity contribution in [3.05, 3.63) is 47.5 Å². The molecule has 0 aliphatic carbocycles. The second-order valence-corrected chi connectivity index (χ2v) is 8.23. The number of carbonyl (C=O) groups is 1. The molecule has 2 aromatic carbocycles. The number of nitriles is 1. The highest BCUT2D eigenvalue weighted by atomic mass is 35.5. The Bertz CT molecular complexity index is 971. The molecule has 0 unspecified atom stereocenters. The maximum absolute atomic E-state index is 14.2. The second kappa shape index (κ2) is 9.54. The van der Waals surface area contributed by atoms with E-state index >= 15 is 0 Å². The van der Waals surface area contributed by atoms with Crippen LogP contribution in [0.1, 0.15) is 6.42 Å². The van der Waals surface area contributed by atoms with Crippen LogP contribution < -0.4 is 20.4 Å². The first-order valence-electron chi connectivity index (χ1n) is 10.5. The van der Waals surface area contributed by atoms with Crippen molar-refractivity contribution in [2.75, 3.05) is 49.1 Å². The Morgan fingerprint density at radius 1 is 1.19 bits per heavy atom. The number of amides is 1. The van der Waals surface area contributed by atoms with Gasteiger partial charge in [-0.25, -0.2) is 4.39 Å². The van der Waals surface area contributed by atoms with Crippen LogP contribution in [0.3, 0.4) is 0 Å². The fourth-order valence-corrected chi connectivity index (χ4v) is 4.47. The number of hydrogen-bond donors (Lipinski definition) is 2. The van der Waals surface area contributed by atoms with Gasteiger partial charge in [0, 0.05) is 38.3 Å². The van der Waals surface area contributed by atoms with Crippen LogP contribution >= 0.6 is 11.6 Å². The third-order valence-corrected chi connectivity index (χ3v) is 6.15. The first kappa shape index (κ1) is 21.4. The molecule has 6 nitrogen and oxygen atoms in total. The molecule has 2 aliphatic rings. The van der Waals surface area contributed by atoms with Gasteiger partial charge in [-0.15, -0.1) is 0 Å². The smallest absolute Gasteiger partial charge is 0.243 e. The summed E-state index contributed by atoms with van der Waals surface area (Å²) in [5.41, 5.74) is 3.79. The highest BCUT2D eigenvalue weighted by Gasteiger charge is 2.38. The molecule has 0 bridgehead atoms. The number of alkyl halides is 1. The lowest BCUT2D eigenvalue weighted by Crippen LogP contribution is -2.43. The lowest BCUT2D eigenvalue weighted by atomic mass is 10.0. The van der Waals surface area contributed by atoms with Crippen LogP contribution in [0.25, 0.3) is 11.1 Å². The normalized spacial score (nSPS) is 21.1. The Kier molecular flexibility index (Phi) is 6.59. The summed E-state index contributed by atoms with van der Waals surface area (Å²) < 4.78 is 14.2. The molecule has 31 heavy (non-hydrogen) atoms. The molecule has 2 saturated heterocycles. The Balaban J connectivity index is 1.58. The second-order valence-electron chi connectivity index (χ2n) is 7.83. The fraction of sp³-hybridized carbons (Fsp3) is 0.391. The zero-order chi connectivity index (χ0) is 21.8. The number of piperazine rings is 1. The van der Waals surface area contributed by atoms with Gasteiger partial charge in [-0.1, -0.05) is 29.8 Å². The minimum atomic E-state index is -1.13. The minimum Gasteiger partial charge on any atom is -0.369 e. The summed E-state index contributed by atoms with van der Waals surface area (Å²) in [6, 6.07) is 15.2. The number of carbonyl (C=O) groups excluding carboxylic acids is 1. The SMILES string of the molecule is N#CCNC(=O)[C@@H]1C[C@@H](F)CN1c1cc(-c2ccc(N3CCNCC3)cc2)ccc1Cl. The monoisotopic (exact) mass is 441 g/mol. The summed E-state index contributed by atoms with van der Waals surface area (Å²) in [4.78, 5) is 16.5. The lowest BCUT2D eigenvalue weighted by Gasteiger charge is -2.29. The van der Waals surface area contributed by atoms with Crippen LogP contribution in [0.2, 0.25) is 5.02 Å². The molecular formula is C23H25ClFN5O. The van der Waals surface area contributed by atoms with Crippen molar-refractivity contribution in [3.63, 3.8) is 0 Å². The zero-order valence-electron chi connectivity index (χ0n) is 17.2. The predicted octanol–water partition coefficient (Wildman–Crippen LogP) is 2.97. The quantitative estimate of drug-likeness (QED) is 0.698. The average molecular weight is 442 g/mol. The van der Waals surface area contributed by atoms with Crippen molar-refractivity contribution in [1.29, 1.82) is 5.26 Å². The van der Waals surface area contributed by atoms with Crippen LogP contribution in [0.5, 0.6) is 0 Å². The van der Waals surface area contributed by atoms with E-state index in [1.807, 2.05) is 18.2 Å². The van der Waals surface area contributed by atoms with Gasteiger partial charge in [0.15, 0.2) is 0 Å². The zero-order valence-corrected chi connectivity index (χ0v) is 17.9. The molecule has 2 aromatic rings. The van der Waals surface area contributed by atoms with E-state index in [9.17, 15) is 9.18 Å². The maximum atomic E-state index is 14.2. The number of rotatable bonds is 5. The van der Waals surface area contributed by atoms with Gasteiger partial charge in [0.05, 0.1) is 23.3 Å². The molecule has 2 heterocycles. The van der Waals surface area contributed by atoms with E-state index in [0.29, 0.717) is 10.7 Å². The third-order valence-electron chi connectivity index (χ3n) is 5.83. The van der Waals surface area contributed by atoms with E-state index in [0.717, 1.165) is 37.3 Å². The molecule has 162 valence electrons. The average Bonchev–Trinajstić information content (AvgIpc) is 3.20. The first-order valence-corrected chi connectivity index (χ1v) is 10.9. The van der Waals surface area contributed by atoms with Gasteiger partial charge < -0.3 is 20.4 Å². The number of nitrogens with one attached hydrogen (secondary N) is 2. The number of halogens is 2. The molecule has 2 fully saturated rings. The summed E-state index contributed by atoms with van der Waals surface area (Å²) in [5.74, 6) is -0.358. The molecule has 0 spiro atoms. The molecule has 2 aliphatic heterocycles. The summed E-state index contributed by atoms with van der Waals surface area (Å²) in [6.45, 7) is 3.93. The van der Waals surface area contributed by atoms with E-state index in [1.54, 1.807) is 11.0 Å². The predicted molar refractivity (Wildman–Crippen MR) is 121 cm³/mol. The molecule has 0 radical (unpaired) electrons. The number of benzene rings is 2. The topological polar surface area (TPSA) is 71.4 Å². The molecule has 4 rings (SSSR count). The van der Waals surface area contributed by atoms with E-state index in [1.165, 1.54) is 5.69 Å². The fourth-order valence-electron chi connectivity index (χ4n) is 4.24. The minimum absolute atomic E-state index is 0.0806. The van der Waals surface area contributed by atoms with Crippen molar-refractivity contribution in [2.24, 2.45) is 0 Å². The van der Waals surface area contributed by atoms with Gasteiger partial charge in [-0.2, -0.15) is 5.26 Å². The molecular weight excluding hydrogens is 417 g/mol. The third kappa shape index (κ3) is 4.76. The highest BCUT2D eigenvalue weighted by molar-refractivity contribution is 6.33. The van der Waals surface area contributed by atoms with Crippen LogP contribution in [0.15, 0.2) is 42.5 Å². The van der Waals surface area contributed by atoms with Gasteiger partial charge in [0.1, 0.15) is 18.8 Å². The molecule has 2 N–H and O–H groups in total. The van der Waals surface area contributed by atoms with Gasteiger partial charge in [0.25, 0.3) is 0 Å². The summed E-state index contributed by atoms with van der Waals surface area (Å²) in [7, 11) is 0. The lowest BCUT2D eigenvalue weighted by molar-refractivity contribution is -0.122. The Labute approximate surface area is 186 Å². The highest BCUT2D eigenvalue weighted by Crippen LogP contribution is 2.36. The molecule has 0 saturated carbocycles. The van der Waals surface area contributed by atoms with Crippen molar-refractivity contribution in [2.45, 2.75) is 18.6 Å². The largest absolute Gasteiger partial charge is 0.369 e. The maximum Gasteiger partial charge on any atom is 0.243 e. The van der Waals surface area contributed by atoms with Crippen molar-refractivity contribution < 1.29 is 9.18 Å². The van der Waals surface area contributed by atoms with Crippen molar-refractivity contribution in [1.82, 2.24) is 10.6 Å². The Morgan fingerprint density at radius 3 is 2.61 bits per heavy atom. The summed E-state index contributed by atoms with van der Waals surface area (Å²) >= 11 is 6.45. The van der Waals surface area contributed by atoms with Crippen LogP contribution in [0.4, 0.5) is 15.8 Å². The first-order chi connectivity index (χ1) is 15.1.